The van der Waals surface area contributed by atoms with Crippen LogP contribution in [0.5, 0.6) is 11.5 Å². The zero-order chi connectivity index (χ0) is 20.7. The van der Waals surface area contributed by atoms with Gasteiger partial charge in [0.15, 0.2) is 11.5 Å². The van der Waals surface area contributed by atoms with E-state index in [0.29, 0.717) is 35.0 Å². The Kier molecular flexibility index (Phi) is 7.21. The molecule has 0 saturated heterocycles. The predicted octanol–water partition coefficient (Wildman–Crippen LogP) is 4.42. The number of hydrogen-bond donors (Lipinski definition) is 2. The molecule has 2 N–H and O–H groups in total. The molecule has 0 aliphatic rings. The molecule has 2 aromatic carbocycles. The lowest BCUT2D eigenvalue weighted by molar-refractivity contribution is -0.118. The first-order valence-corrected chi connectivity index (χ1v) is 9.00. The molecule has 0 heterocycles. The van der Waals surface area contributed by atoms with E-state index in [1.54, 1.807) is 36.4 Å². The van der Waals surface area contributed by atoms with Gasteiger partial charge in [-0.25, -0.2) is 0 Å². The molecule has 2 aromatic rings. The van der Waals surface area contributed by atoms with E-state index in [9.17, 15) is 9.59 Å². The molecule has 0 bridgehead atoms. The number of benzene rings is 2. The van der Waals surface area contributed by atoms with Gasteiger partial charge in [0.25, 0.3) is 5.91 Å². The van der Waals surface area contributed by atoms with Gasteiger partial charge < -0.3 is 20.1 Å². The molecule has 0 atom stereocenters. The largest absolute Gasteiger partial charge is 0.493 e. The van der Waals surface area contributed by atoms with Gasteiger partial charge in [0.1, 0.15) is 6.61 Å². The van der Waals surface area contributed by atoms with Crippen LogP contribution in [0.1, 0.15) is 29.8 Å². The summed E-state index contributed by atoms with van der Waals surface area (Å²) in [5.74, 6) is 0.497. The van der Waals surface area contributed by atoms with Crippen LogP contribution in [0, 0.1) is 12.8 Å². The highest BCUT2D eigenvalue weighted by Crippen LogP contribution is 2.29. The third-order valence-corrected chi connectivity index (χ3v) is 4.06. The molecule has 6 nitrogen and oxygen atoms in total. The summed E-state index contributed by atoms with van der Waals surface area (Å²) in [7, 11) is 1.52. The first-order valence-electron chi connectivity index (χ1n) is 9.00. The van der Waals surface area contributed by atoms with Crippen LogP contribution in [-0.4, -0.2) is 25.5 Å². The fourth-order valence-corrected chi connectivity index (χ4v) is 2.39. The number of ether oxygens (including phenoxy) is 2. The van der Waals surface area contributed by atoms with E-state index < -0.39 is 0 Å². The first kappa shape index (κ1) is 21.0. The first-order chi connectivity index (χ1) is 13.3. The average molecular weight is 382 g/mol. The van der Waals surface area contributed by atoms with Crippen molar-refractivity contribution in [1.29, 1.82) is 0 Å². The van der Waals surface area contributed by atoms with Crippen molar-refractivity contribution in [3.05, 3.63) is 60.2 Å². The van der Waals surface area contributed by atoms with Crippen LogP contribution in [0.4, 0.5) is 11.4 Å². The van der Waals surface area contributed by atoms with Gasteiger partial charge in [-0.1, -0.05) is 32.6 Å². The fraction of sp³-hybridized carbons (Fsp3) is 0.273. The maximum Gasteiger partial charge on any atom is 0.255 e. The maximum absolute atomic E-state index is 12.7. The Balaban J connectivity index is 2.20. The third-order valence-electron chi connectivity index (χ3n) is 4.06. The molecule has 0 spiro atoms. The molecule has 0 unspecified atom stereocenters. The molecule has 2 amide bonds. The van der Waals surface area contributed by atoms with Crippen LogP contribution in [0.25, 0.3) is 0 Å². The Morgan fingerprint density at radius 3 is 2.50 bits per heavy atom. The van der Waals surface area contributed by atoms with Crippen molar-refractivity contribution in [3.63, 3.8) is 0 Å². The second kappa shape index (κ2) is 9.60. The normalized spacial score (nSPS) is 10.3. The third kappa shape index (κ3) is 5.36. The van der Waals surface area contributed by atoms with Crippen LogP contribution >= 0.6 is 0 Å². The van der Waals surface area contributed by atoms with Crippen molar-refractivity contribution in [2.45, 2.75) is 20.8 Å². The number of rotatable bonds is 8. The minimum Gasteiger partial charge on any atom is -0.493 e. The summed E-state index contributed by atoms with van der Waals surface area (Å²) in [5, 5.41) is 5.71. The quantitative estimate of drug-likeness (QED) is 0.663. The highest BCUT2D eigenvalue weighted by molar-refractivity contribution is 6.05. The SMILES string of the molecule is C=CCOc1ccc(C(=O)Nc2cc(NC(=O)C(C)C)ccc2C)cc1OC. The predicted molar refractivity (Wildman–Crippen MR) is 111 cm³/mol. The van der Waals surface area contributed by atoms with Crippen LogP contribution in [0.2, 0.25) is 0 Å². The molecular formula is C22H26N2O4. The van der Waals surface area contributed by atoms with Gasteiger partial charge in [-0.15, -0.1) is 0 Å². The van der Waals surface area contributed by atoms with Crippen molar-refractivity contribution >= 4 is 23.2 Å². The molecule has 0 saturated carbocycles. The molecule has 2 rings (SSSR count). The molecule has 28 heavy (non-hydrogen) atoms. The van der Waals surface area contributed by atoms with Crippen molar-refractivity contribution in [3.8, 4) is 11.5 Å². The Morgan fingerprint density at radius 2 is 1.86 bits per heavy atom. The zero-order valence-electron chi connectivity index (χ0n) is 16.7. The van der Waals surface area contributed by atoms with E-state index in [1.165, 1.54) is 7.11 Å². The van der Waals surface area contributed by atoms with Gasteiger partial charge in [0.05, 0.1) is 7.11 Å². The highest BCUT2D eigenvalue weighted by atomic mass is 16.5. The fourth-order valence-electron chi connectivity index (χ4n) is 2.39. The number of nitrogens with one attached hydrogen (secondary N) is 2. The minimum absolute atomic E-state index is 0.0824. The van der Waals surface area contributed by atoms with Gasteiger partial charge in [0, 0.05) is 22.9 Å². The van der Waals surface area contributed by atoms with Gasteiger partial charge in [-0.2, -0.15) is 0 Å². The van der Waals surface area contributed by atoms with Crippen LogP contribution < -0.4 is 20.1 Å². The average Bonchev–Trinajstić information content (AvgIpc) is 2.68. The van der Waals surface area contributed by atoms with Crippen LogP contribution in [-0.2, 0) is 4.79 Å². The molecule has 0 aliphatic heterocycles. The standard InChI is InChI=1S/C22H26N2O4/c1-6-11-28-19-10-8-16(12-20(19)27-5)22(26)24-18-13-17(9-7-15(18)4)23-21(25)14(2)3/h6-10,12-14H,1,11H2,2-5H3,(H,23,25)(H,24,26). The summed E-state index contributed by atoms with van der Waals surface area (Å²) in [6.07, 6.45) is 1.63. The monoisotopic (exact) mass is 382 g/mol. The van der Waals surface area contributed by atoms with Gasteiger partial charge in [-0.3, -0.25) is 9.59 Å². The highest BCUT2D eigenvalue weighted by Gasteiger charge is 2.13. The maximum atomic E-state index is 12.7. The molecule has 0 fully saturated rings. The van der Waals surface area contributed by atoms with E-state index in [1.807, 2.05) is 26.8 Å². The Hall–Kier alpha value is -3.28. The Bertz CT molecular complexity index is 875. The minimum atomic E-state index is -0.288. The molecule has 0 aromatic heterocycles. The number of anilines is 2. The van der Waals surface area contributed by atoms with E-state index >= 15 is 0 Å². The lowest BCUT2D eigenvalue weighted by atomic mass is 10.1. The summed E-state index contributed by atoms with van der Waals surface area (Å²) >= 11 is 0. The number of methoxy groups -OCH3 is 1. The summed E-state index contributed by atoms with van der Waals surface area (Å²) in [5.41, 5.74) is 2.57. The number of aryl methyl sites for hydroxylation is 1. The molecule has 148 valence electrons. The van der Waals surface area contributed by atoms with E-state index in [4.69, 9.17) is 9.47 Å². The Morgan fingerprint density at radius 1 is 1.11 bits per heavy atom. The number of carbonyl (C=O) groups is 2. The lowest BCUT2D eigenvalue weighted by Crippen LogP contribution is -2.18. The number of hydrogen-bond acceptors (Lipinski definition) is 4. The number of amides is 2. The van der Waals surface area contributed by atoms with Crippen molar-refractivity contribution in [2.24, 2.45) is 5.92 Å². The smallest absolute Gasteiger partial charge is 0.255 e. The van der Waals surface area contributed by atoms with Gasteiger partial charge in [0.2, 0.25) is 5.91 Å². The summed E-state index contributed by atoms with van der Waals surface area (Å²) in [6, 6.07) is 10.4. The van der Waals surface area contributed by atoms with E-state index in [-0.39, 0.29) is 17.7 Å². The second-order valence-corrected chi connectivity index (χ2v) is 6.59. The molecular weight excluding hydrogens is 356 g/mol. The molecule has 0 radical (unpaired) electrons. The van der Waals surface area contributed by atoms with E-state index in [0.717, 1.165) is 5.56 Å². The summed E-state index contributed by atoms with van der Waals surface area (Å²) < 4.78 is 10.8. The zero-order valence-corrected chi connectivity index (χ0v) is 16.7. The van der Waals surface area contributed by atoms with E-state index in [2.05, 4.69) is 17.2 Å². The molecule has 6 heteroatoms. The number of carbonyl (C=O) groups excluding carboxylic acids is 2. The topological polar surface area (TPSA) is 76.7 Å². The van der Waals surface area contributed by atoms with Crippen molar-refractivity contribution in [1.82, 2.24) is 0 Å². The van der Waals surface area contributed by atoms with Crippen LogP contribution in [0.3, 0.4) is 0 Å². The lowest BCUT2D eigenvalue weighted by Gasteiger charge is -2.14. The second-order valence-electron chi connectivity index (χ2n) is 6.59. The van der Waals surface area contributed by atoms with Gasteiger partial charge in [-0.05, 0) is 42.8 Å². The van der Waals surface area contributed by atoms with Crippen molar-refractivity contribution < 1.29 is 19.1 Å². The van der Waals surface area contributed by atoms with Crippen LogP contribution in [0.15, 0.2) is 49.1 Å². The van der Waals surface area contributed by atoms with Crippen molar-refractivity contribution in [2.75, 3.05) is 24.4 Å². The summed E-state index contributed by atoms with van der Waals surface area (Å²) in [6.45, 7) is 9.48. The van der Waals surface area contributed by atoms with Gasteiger partial charge >= 0.3 is 0 Å². The summed E-state index contributed by atoms with van der Waals surface area (Å²) in [4.78, 5) is 24.6. The Labute approximate surface area is 165 Å². The molecule has 0 aliphatic carbocycles.